The van der Waals surface area contributed by atoms with Crippen LogP contribution in [0, 0.1) is 0 Å². The Bertz CT molecular complexity index is 1140. The summed E-state index contributed by atoms with van der Waals surface area (Å²) < 4.78 is 5.49. The van der Waals surface area contributed by atoms with E-state index in [1.807, 2.05) is 0 Å². The molecule has 0 bridgehead atoms. The Balaban J connectivity index is 3.40. The van der Waals surface area contributed by atoms with E-state index in [9.17, 15) is 19.8 Å². The number of ether oxygens (including phenoxy) is 1. The standard InChI is InChI=1S/C70H137NO5/c1-3-5-7-9-11-13-15-17-19-20-21-22-26-29-32-35-38-42-46-50-54-58-62-68(73)67(66-72)71-69(74)63-59-55-51-47-43-39-36-33-30-27-24-23-25-28-31-34-37-41-45-49-53-57-61-65-76-70(75)64-60-56-52-48-44-40-18-16-14-12-10-8-6-4-2/h27,30,67-68,72-73H,3-26,28-29,31-66H2,1-2H3,(H,71,74)/b30-27-. The van der Waals surface area contributed by atoms with Crippen molar-refractivity contribution in [3.8, 4) is 0 Å². The highest BCUT2D eigenvalue weighted by molar-refractivity contribution is 5.76. The summed E-state index contributed by atoms with van der Waals surface area (Å²) >= 11 is 0. The van der Waals surface area contributed by atoms with Gasteiger partial charge in [-0.05, 0) is 51.4 Å². The zero-order chi connectivity index (χ0) is 55.0. The van der Waals surface area contributed by atoms with Gasteiger partial charge in [0.1, 0.15) is 0 Å². The topological polar surface area (TPSA) is 95.9 Å². The molecule has 0 saturated carbocycles. The smallest absolute Gasteiger partial charge is 0.305 e. The fourth-order valence-electron chi connectivity index (χ4n) is 11.2. The van der Waals surface area contributed by atoms with E-state index in [1.54, 1.807) is 0 Å². The molecule has 0 aromatic heterocycles. The molecule has 76 heavy (non-hydrogen) atoms. The Hall–Kier alpha value is -1.40. The highest BCUT2D eigenvalue weighted by atomic mass is 16.5. The molecule has 0 rings (SSSR count). The van der Waals surface area contributed by atoms with Crippen molar-refractivity contribution in [1.29, 1.82) is 0 Å². The van der Waals surface area contributed by atoms with Gasteiger partial charge < -0.3 is 20.3 Å². The summed E-state index contributed by atoms with van der Waals surface area (Å²) in [5, 5.41) is 23.4. The Morgan fingerprint density at radius 2 is 0.618 bits per heavy atom. The molecule has 0 saturated heterocycles. The zero-order valence-electron chi connectivity index (χ0n) is 51.8. The molecule has 0 aromatic carbocycles. The summed E-state index contributed by atoms with van der Waals surface area (Å²) in [7, 11) is 0. The maximum absolute atomic E-state index is 12.5. The van der Waals surface area contributed by atoms with Gasteiger partial charge in [0.15, 0.2) is 0 Å². The van der Waals surface area contributed by atoms with Gasteiger partial charge in [-0.1, -0.05) is 347 Å². The second-order valence-electron chi connectivity index (χ2n) is 24.2. The lowest BCUT2D eigenvalue weighted by molar-refractivity contribution is -0.143. The van der Waals surface area contributed by atoms with E-state index in [0.29, 0.717) is 25.9 Å². The Kier molecular flexibility index (Phi) is 64.9. The number of rotatable bonds is 66. The molecular formula is C70H137NO5. The molecule has 3 N–H and O–H groups in total. The lowest BCUT2D eigenvalue weighted by Crippen LogP contribution is -2.45. The second-order valence-corrected chi connectivity index (χ2v) is 24.2. The fourth-order valence-corrected chi connectivity index (χ4v) is 11.2. The maximum atomic E-state index is 12.5. The van der Waals surface area contributed by atoms with Crippen LogP contribution >= 0.6 is 0 Å². The van der Waals surface area contributed by atoms with E-state index in [4.69, 9.17) is 4.74 Å². The molecule has 0 fully saturated rings. The van der Waals surface area contributed by atoms with Crippen LogP contribution in [0.25, 0.3) is 0 Å². The molecule has 452 valence electrons. The van der Waals surface area contributed by atoms with Crippen LogP contribution in [0.2, 0.25) is 0 Å². The largest absolute Gasteiger partial charge is 0.466 e. The number of aliphatic hydroxyl groups is 2. The first-order valence-corrected chi connectivity index (χ1v) is 34.9. The van der Waals surface area contributed by atoms with Crippen LogP contribution in [-0.4, -0.2) is 47.4 Å². The molecule has 0 radical (unpaired) electrons. The van der Waals surface area contributed by atoms with Crippen LogP contribution in [0.1, 0.15) is 399 Å². The van der Waals surface area contributed by atoms with Gasteiger partial charge in [0.2, 0.25) is 5.91 Å². The first-order chi connectivity index (χ1) is 37.5. The number of unbranched alkanes of at least 4 members (excludes halogenated alkanes) is 53. The summed E-state index contributed by atoms with van der Waals surface area (Å²) in [6, 6.07) is -0.546. The van der Waals surface area contributed by atoms with Crippen molar-refractivity contribution in [2.45, 2.75) is 411 Å². The fraction of sp³-hybridized carbons (Fsp3) is 0.943. The molecule has 2 unspecified atom stereocenters. The number of carbonyl (C=O) groups excluding carboxylic acids is 2. The van der Waals surface area contributed by atoms with Gasteiger partial charge in [-0.15, -0.1) is 0 Å². The van der Waals surface area contributed by atoms with Crippen molar-refractivity contribution >= 4 is 11.9 Å². The van der Waals surface area contributed by atoms with E-state index in [1.165, 1.54) is 327 Å². The molecule has 0 spiro atoms. The predicted octanol–water partition coefficient (Wildman–Crippen LogP) is 22.4. The molecule has 6 heteroatoms. The minimum Gasteiger partial charge on any atom is -0.466 e. The van der Waals surface area contributed by atoms with E-state index in [0.717, 1.165) is 38.5 Å². The molecule has 0 aliphatic carbocycles. The lowest BCUT2D eigenvalue weighted by Gasteiger charge is -2.22. The highest BCUT2D eigenvalue weighted by Crippen LogP contribution is 2.19. The van der Waals surface area contributed by atoms with E-state index >= 15 is 0 Å². The number of allylic oxidation sites excluding steroid dienone is 2. The van der Waals surface area contributed by atoms with Crippen LogP contribution in [0.5, 0.6) is 0 Å². The third kappa shape index (κ3) is 61.8. The third-order valence-corrected chi connectivity index (χ3v) is 16.6. The Labute approximate surface area is 476 Å². The minimum absolute atomic E-state index is 0.0149. The van der Waals surface area contributed by atoms with Gasteiger partial charge >= 0.3 is 5.97 Å². The van der Waals surface area contributed by atoms with E-state index in [2.05, 4.69) is 31.3 Å². The van der Waals surface area contributed by atoms with Crippen molar-refractivity contribution in [2.24, 2.45) is 0 Å². The Morgan fingerprint density at radius 1 is 0.355 bits per heavy atom. The number of nitrogens with one attached hydrogen (secondary N) is 1. The molecule has 2 atom stereocenters. The lowest BCUT2D eigenvalue weighted by atomic mass is 10.0. The highest BCUT2D eigenvalue weighted by Gasteiger charge is 2.20. The van der Waals surface area contributed by atoms with Crippen molar-refractivity contribution in [1.82, 2.24) is 5.32 Å². The van der Waals surface area contributed by atoms with E-state index < -0.39 is 12.1 Å². The van der Waals surface area contributed by atoms with Crippen LogP contribution in [0.4, 0.5) is 0 Å². The zero-order valence-corrected chi connectivity index (χ0v) is 51.8. The molecule has 0 aromatic rings. The summed E-state index contributed by atoms with van der Waals surface area (Å²) in [6.45, 7) is 4.99. The minimum atomic E-state index is -0.669. The van der Waals surface area contributed by atoms with Gasteiger partial charge in [0.25, 0.3) is 0 Å². The number of aliphatic hydroxyl groups excluding tert-OH is 2. The van der Waals surface area contributed by atoms with Crippen molar-refractivity contribution < 1.29 is 24.5 Å². The van der Waals surface area contributed by atoms with Crippen molar-refractivity contribution in [2.75, 3.05) is 13.2 Å². The third-order valence-electron chi connectivity index (χ3n) is 16.6. The first-order valence-electron chi connectivity index (χ1n) is 34.9. The maximum Gasteiger partial charge on any atom is 0.305 e. The Morgan fingerprint density at radius 3 is 0.934 bits per heavy atom. The van der Waals surface area contributed by atoms with Gasteiger partial charge in [0, 0.05) is 12.8 Å². The number of amides is 1. The van der Waals surface area contributed by atoms with Gasteiger partial charge in [-0.25, -0.2) is 0 Å². The average molecular weight is 1070 g/mol. The summed E-state index contributed by atoms with van der Waals surface area (Å²) in [6.07, 6.45) is 81.1. The van der Waals surface area contributed by atoms with Crippen LogP contribution < -0.4 is 5.32 Å². The monoisotopic (exact) mass is 1070 g/mol. The second kappa shape index (κ2) is 66.1. The molecule has 0 aliphatic rings. The molecule has 6 nitrogen and oxygen atoms in total. The first kappa shape index (κ1) is 74.6. The number of hydrogen-bond donors (Lipinski definition) is 3. The number of esters is 1. The van der Waals surface area contributed by atoms with Gasteiger partial charge in [-0.3, -0.25) is 9.59 Å². The molecule has 1 amide bonds. The van der Waals surface area contributed by atoms with Crippen molar-refractivity contribution in [3.63, 3.8) is 0 Å². The number of hydrogen-bond acceptors (Lipinski definition) is 5. The molecular weight excluding hydrogens is 935 g/mol. The average Bonchev–Trinajstić information content (AvgIpc) is 3.42. The number of carbonyl (C=O) groups is 2. The van der Waals surface area contributed by atoms with Crippen molar-refractivity contribution in [3.05, 3.63) is 12.2 Å². The van der Waals surface area contributed by atoms with Gasteiger partial charge in [-0.2, -0.15) is 0 Å². The van der Waals surface area contributed by atoms with E-state index in [-0.39, 0.29) is 18.5 Å². The van der Waals surface area contributed by atoms with Gasteiger partial charge in [0.05, 0.1) is 25.4 Å². The predicted molar refractivity (Wildman–Crippen MR) is 333 cm³/mol. The van der Waals surface area contributed by atoms with Crippen LogP contribution in [0.3, 0.4) is 0 Å². The summed E-state index contributed by atoms with van der Waals surface area (Å²) in [4.78, 5) is 24.6. The molecule has 0 heterocycles. The summed E-state index contributed by atoms with van der Waals surface area (Å²) in [5.41, 5.74) is 0. The van der Waals surface area contributed by atoms with Crippen LogP contribution in [0.15, 0.2) is 12.2 Å². The normalized spacial score (nSPS) is 12.5. The summed E-state index contributed by atoms with van der Waals surface area (Å²) in [5.74, 6) is -0.0215. The van der Waals surface area contributed by atoms with Crippen LogP contribution in [-0.2, 0) is 14.3 Å². The SMILES string of the molecule is CCCCCCCCCCCCCCCCCCCCCCCCC(O)C(CO)NC(=O)CCCCCCCCC/C=C\CCCCCCCCCCCCCCOC(=O)CCCCCCCCCCCCCCCC. The molecule has 0 aliphatic heterocycles. The quantitative estimate of drug-likeness (QED) is 0.0320.